The molecule has 1 radical (unpaired) electrons. The number of benzene rings is 2. The largest absolute Gasteiger partial charge is 0.430 e. The van der Waals surface area contributed by atoms with E-state index in [1.165, 1.54) is 18.4 Å². The lowest BCUT2D eigenvalue weighted by Gasteiger charge is -2.18. The lowest BCUT2D eigenvalue weighted by molar-refractivity contribution is -0.123. The van der Waals surface area contributed by atoms with Crippen LogP contribution in [-0.4, -0.2) is 30.3 Å². The second-order valence-corrected chi connectivity index (χ2v) is 7.69. The number of thiazole rings is 1. The average molecular weight is 432 g/mol. The van der Waals surface area contributed by atoms with Gasteiger partial charge in [-0.3, -0.25) is 20.7 Å². The van der Waals surface area contributed by atoms with E-state index in [2.05, 4.69) is 20.9 Å². The number of nitrogens with one attached hydrogen (secondary N) is 2. The highest BCUT2D eigenvalue weighted by atomic mass is 35.5. The van der Waals surface area contributed by atoms with Crippen LogP contribution in [0.2, 0.25) is 5.02 Å². The van der Waals surface area contributed by atoms with Gasteiger partial charge in [-0.25, -0.2) is 9.78 Å². The van der Waals surface area contributed by atoms with E-state index in [-0.39, 0.29) is 12.3 Å². The quantitative estimate of drug-likeness (QED) is 0.550. The first-order valence-electron chi connectivity index (χ1n) is 8.89. The first kappa shape index (κ1) is 21.0. The third-order valence-electron chi connectivity index (χ3n) is 4.17. The Balaban J connectivity index is 1.65. The van der Waals surface area contributed by atoms with Crippen LogP contribution in [0.3, 0.4) is 0 Å². The molecule has 1 atom stereocenters. The number of hydrogen-bond acceptors (Lipinski definition) is 6. The van der Waals surface area contributed by atoms with Gasteiger partial charge < -0.3 is 4.74 Å². The Kier molecular flexibility index (Phi) is 7.03. The average Bonchev–Trinajstić information content (AvgIpc) is 3.10. The highest BCUT2D eigenvalue weighted by Gasteiger charge is 2.19. The van der Waals surface area contributed by atoms with Crippen LogP contribution < -0.4 is 16.0 Å². The van der Waals surface area contributed by atoms with Crippen LogP contribution in [0, 0.1) is 6.92 Å². The van der Waals surface area contributed by atoms with Crippen molar-refractivity contribution in [3.8, 4) is 0 Å². The number of amides is 2. The second kappa shape index (κ2) is 9.69. The molecule has 1 heterocycles. The van der Waals surface area contributed by atoms with Crippen LogP contribution in [0.5, 0.6) is 0 Å². The Hall–Kier alpha value is -2.68. The lowest BCUT2D eigenvalue weighted by Crippen LogP contribution is -2.38. The maximum absolute atomic E-state index is 12.4. The number of fused-ring (bicyclic) bond motifs is 1. The summed E-state index contributed by atoms with van der Waals surface area (Å²) in [6, 6.07) is 13.1. The second-order valence-electron chi connectivity index (χ2n) is 6.25. The van der Waals surface area contributed by atoms with Crippen molar-refractivity contribution in [2.75, 3.05) is 12.4 Å². The number of anilines is 1. The number of para-hydroxylation sites is 1. The van der Waals surface area contributed by atoms with E-state index in [1.54, 1.807) is 6.07 Å². The van der Waals surface area contributed by atoms with Crippen LogP contribution in [0.25, 0.3) is 10.2 Å². The van der Waals surface area contributed by atoms with Crippen molar-refractivity contribution in [3.63, 3.8) is 0 Å². The van der Waals surface area contributed by atoms with Crippen molar-refractivity contribution in [1.82, 2.24) is 15.6 Å². The van der Waals surface area contributed by atoms with Crippen LogP contribution in [0.15, 0.2) is 42.5 Å². The van der Waals surface area contributed by atoms with Crippen molar-refractivity contribution in [3.05, 3.63) is 58.6 Å². The lowest BCUT2D eigenvalue weighted by atomic mass is 10.2. The summed E-state index contributed by atoms with van der Waals surface area (Å²) in [7, 11) is 1.40. The third kappa shape index (κ3) is 5.66. The highest BCUT2D eigenvalue weighted by Crippen LogP contribution is 2.28. The zero-order chi connectivity index (χ0) is 20.8. The molecule has 2 aromatic carbocycles. The zero-order valence-corrected chi connectivity index (χ0v) is 17.5. The van der Waals surface area contributed by atoms with Crippen molar-refractivity contribution in [1.29, 1.82) is 0 Å². The van der Waals surface area contributed by atoms with Crippen molar-refractivity contribution < 1.29 is 14.3 Å². The van der Waals surface area contributed by atoms with Crippen LogP contribution in [0.4, 0.5) is 9.93 Å². The fourth-order valence-corrected chi connectivity index (χ4v) is 3.79. The van der Waals surface area contributed by atoms with Gasteiger partial charge in [0.1, 0.15) is 0 Å². The molecular weight excluding hydrogens is 412 g/mol. The molecule has 0 fully saturated rings. The molecule has 0 saturated carbocycles. The van der Waals surface area contributed by atoms with E-state index in [4.69, 9.17) is 16.3 Å². The maximum atomic E-state index is 12.4. The molecular formula is C20H20ClN4O3S. The van der Waals surface area contributed by atoms with Crippen molar-refractivity contribution >= 4 is 50.3 Å². The van der Waals surface area contributed by atoms with E-state index >= 15 is 0 Å². The number of halogens is 1. The van der Waals surface area contributed by atoms with Gasteiger partial charge in [-0.15, -0.1) is 0 Å². The molecule has 2 N–H and O–H groups in total. The molecule has 3 aromatic rings. The number of hydrogen-bond donors (Lipinski definition) is 2. The Morgan fingerprint density at radius 3 is 2.76 bits per heavy atom. The molecule has 151 valence electrons. The van der Waals surface area contributed by atoms with E-state index in [1.807, 2.05) is 43.3 Å². The van der Waals surface area contributed by atoms with Gasteiger partial charge in [-0.05, 0) is 30.2 Å². The fraction of sp³-hybridized carbons (Fsp3) is 0.250. The van der Waals surface area contributed by atoms with Gasteiger partial charge in [0.2, 0.25) is 5.91 Å². The molecule has 9 heteroatoms. The molecule has 7 nitrogen and oxygen atoms in total. The van der Waals surface area contributed by atoms with Crippen molar-refractivity contribution in [2.24, 2.45) is 0 Å². The van der Waals surface area contributed by atoms with E-state index in [0.29, 0.717) is 16.7 Å². The molecule has 0 aliphatic heterocycles. The highest BCUT2D eigenvalue weighted by molar-refractivity contribution is 7.22. The van der Waals surface area contributed by atoms with Gasteiger partial charge in [0, 0.05) is 18.6 Å². The van der Waals surface area contributed by atoms with E-state index in [0.717, 1.165) is 21.3 Å². The van der Waals surface area contributed by atoms with Crippen LogP contribution in [-0.2, 0) is 16.1 Å². The normalized spacial score (nSPS) is 11.8. The Labute approximate surface area is 177 Å². The fourth-order valence-electron chi connectivity index (χ4n) is 2.66. The summed E-state index contributed by atoms with van der Waals surface area (Å²) in [6.45, 7) is 2.29. The Morgan fingerprint density at radius 2 is 2.03 bits per heavy atom. The summed E-state index contributed by atoms with van der Waals surface area (Å²) in [5.41, 5.74) is 2.68. The zero-order valence-electron chi connectivity index (χ0n) is 15.9. The molecule has 0 aliphatic rings. The predicted octanol–water partition coefficient (Wildman–Crippen LogP) is 4.07. The number of nitrogens with zero attached hydrogens (tertiary/aromatic N) is 2. The molecule has 1 aromatic heterocycles. The monoisotopic (exact) mass is 431 g/mol. The predicted molar refractivity (Wildman–Crippen MR) is 114 cm³/mol. The van der Waals surface area contributed by atoms with Gasteiger partial charge in [0.05, 0.1) is 16.6 Å². The van der Waals surface area contributed by atoms with Gasteiger partial charge in [0.15, 0.2) is 11.4 Å². The Morgan fingerprint density at radius 1 is 1.24 bits per heavy atom. The van der Waals surface area contributed by atoms with Gasteiger partial charge in [0.25, 0.3) is 0 Å². The number of carbonyl (C=O) groups excluding carboxylic acids is 2. The number of rotatable bonds is 7. The summed E-state index contributed by atoms with van der Waals surface area (Å²) >= 11 is 7.50. The number of aromatic nitrogens is 1. The minimum absolute atomic E-state index is 0.0900. The minimum atomic E-state index is -0.862. The first-order chi connectivity index (χ1) is 14.0. The molecule has 0 bridgehead atoms. The molecule has 0 spiro atoms. The van der Waals surface area contributed by atoms with E-state index < -0.39 is 12.3 Å². The molecule has 0 saturated heterocycles. The smallest absolute Gasteiger partial charge is 0.415 e. The van der Waals surface area contributed by atoms with Gasteiger partial charge in [-0.1, -0.05) is 53.3 Å². The molecule has 1 unspecified atom stereocenters. The molecule has 3 rings (SSSR count). The van der Waals surface area contributed by atoms with Crippen LogP contribution >= 0.6 is 22.9 Å². The Bertz CT molecular complexity index is 1020. The molecule has 0 aliphatic carbocycles. The summed E-state index contributed by atoms with van der Waals surface area (Å²) in [6.07, 6.45) is -1.66. The van der Waals surface area contributed by atoms with Gasteiger partial charge in [-0.2, -0.15) is 0 Å². The topological polar surface area (TPSA) is 94.4 Å². The van der Waals surface area contributed by atoms with E-state index in [9.17, 15) is 9.59 Å². The van der Waals surface area contributed by atoms with Gasteiger partial charge >= 0.3 is 6.09 Å². The summed E-state index contributed by atoms with van der Waals surface area (Å²) in [4.78, 5) is 28.5. The number of aryl methyl sites for hydroxylation is 1. The summed E-state index contributed by atoms with van der Waals surface area (Å²) < 4.78 is 6.36. The minimum Gasteiger partial charge on any atom is -0.430 e. The molecule has 2 amide bonds. The summed E-state index contributed by atoms with van der Waals surface area (Å²) in [5, 5.41) is 10.3. The first-order valence-corrected chi connectivity index (χ1v) is 10.1. The van der Waals surface area contributed by atoms with Crippen LogP contribution in [0.1, 0.15) is 17.5 Å². The SMILES string of the molecule is C[N]C(=O)CC(NCc1ccccc1Cl)OC(=O)Nc1nc2c(C)cccc2s1. The standard InChI is InChI=1S/C20H20ClN4O3S/c1-12-6-5-9-15-18(12)24-19(29-15)25-20(27)28-17(10-16(26)22-2)23-11-13-7-3-4-8-14(13)21/h3-9,17,23H,10-11H2,1-2H3,(H,24,25,27). The van der Waals surface area contributed by atoms with Crippen molar-refractivity contribution in [2.45, 2.75) is 26.1 Å². The third-order valence-corrected chi connectivity index (χ3v) is 5.47. The maximum Gasteiger partial charge on any atom is 0.415 e. The molecule has 29 heavy (non-hydrogen) atoms. The number of ether oxygens (including phenoxy) is 1. The summed E-state index contributed by atoms with van der Waals surface area (Å²) in [5.74, 6) is -0.384. The number of carbonyl (C=O) groups is 2.